The Labute approximate surface area is 140 Å². The Morgan fingerprint density at radius 1 is 1.17 bits per heavy atom. The molecule has 0 aliphatic heterocycles. The zero-order valence-electron chi connectivity index (χ0n) is 12.2. The van der Waals surface area contributed by atoms with Gasteiger partial charge in [0, 0.05) is 33.1 Å². The van der Waals surface area contributed by atoms with Gasteiger partial charge in [0.15, 0.2) is 0 Å². The average molecular weight is 346 g/mol. The smallest absolute Gasteiger partial charge is 0.259 e. The number of ether oxygens (including phenoxy) is 1. The van der Waals surface area contributed by atoms with E-state index in [0.717, 1.165) is 26.4 Å². The predicted octanol–water partition coefficient (Wildman–Crippen LogP) is 3.94. The van der Waals surface area contributed by atoms with Gasteiger partial charge in [-0.3, -0.25) is 14.3 Å². The largest absolute Gasteiger partial charge is 0.497 e. The zero-order valence-corrected chi connectivity index (χ0v) is 13.9. The van der Waals surface area contributed by atoms with Crippen molar-refractivity contribution in [2.24, 2.45) is 0 Å². The van der Waals surface area contributed by atoms with Gasteiger partial charge in [-0.05, 0) is 42.5 Å². The van der Waals surface area contributed by atoms with Gasteiger partial charge in [0.05, 0.1) is 12.6 Å². The quantitative estimate of drug-likeness (QED) is 0.685. The van der Waals surface area contributed by atoms with Crippen molar-refractivity contribution in [1.82, 2.24) is 4.98 Å². The van der Waals surface area contributed by atoms with E-state index in [0.29, 0.717) is 5.69 Å². The number of pyridine rings is 1. The van der Waals surface area contributed by atoms with Crippen LogP contribution in [-0.4, -0.2) is 20.9 Å². The molecule has 118 valence electrons. The highest BCUT2D eigenvalue weighted by Gasteiger charge is 2.06. The molecule has 1 atom stereocenters. The average Bonchev–Trinajstić information content (AvgIpc) is 2.56. The molecule has 0 saturated heterocycles. The topological polar surface area (TPSA) is 71.5 Å². The molecule has 0 aliphatic carbocycles. The van der Waals surface area contributed by atoms with Gasteiger partial charge in [0.25, 0.3) is 11.3 Å². The number of methoxy groups -OCH3 is 1. The van der Waals surface area contributed by atoms with Crippen LogP contribution in [-0.2, 0) is 11.3 Å². The van der Waals surface area contributed by atoms with Crippen molar-refractivity contribution in [1.29, 1.82) is 0 Å². The number of aromatic nitrogens is 1. The molecule has 0 aliphatic rings. The predicted molar refractivity (Wildman–Crippen MR) is 93.3 cm³/mol. The van der Waals surface area contributed by atoms with Gasteiger partial charge in [0.1, 0.15) is 5.75 Å². The van der Waals surface area contributed by atoms with Crippen LogP contribution < -0.4 is 9.46 Å². The maximum Gasteiger partial charge on any atom is 0.259 e. The summed E-state index contributed by atoms with van der Waals surface area (Å²) in [5.74, 6) is 0.777. The van der Waals surface area contributed by atoms with E-state index in [1.165, 1.54) is 0 Å². The number of hydrogen-bond donors (Lipinski definition) is 2. The molecule has 1 heterocycles. The van der Waals surface area contributed by atoms with Gasteiger partial charge in [0.2, 0.25) is 0 Å². The number of nitrogens with zero attached hydrogens (tertiary/aromatic N) is 1. The lowest BCUT2D eigenvalue weighted by atomic mass is 10.2. The summed E-state index contributed by atoms with van der Waals surface area (Å²) in [6.45, 7) is 0. The minimum absolute atomic E-state index is 0.597. The molecule has 0 radical (unpaired) electrons. The van der Waals surface area contributed by atoms with E-state index in [1.807, 2.05) is 36.4 Å². The van der Waals surface area contributed by atoms with E-state index in [-0.39, 0.29) is 0 Å². The van der Waals surface area contributed by atoms with E-state index in [9.17, 15) is 4.21 Å². The fourth-order valence-electron chi connectivity index (χ4n) is 2.14. The number of hydrogen-bond acceptors (Lipinski definition) is 4. The Balaban J connectivity index is 1.87. The molecule has 1 aromatic heterocycles. The minimum Gasteiger partial charge on any atom is -0.497 e. The third-order valence-electron chi connectivity index (χ3n) is 3.20. The molecule has 2 aromatic carbocycles. The molecule has 3 rings (SSSR count). The monoisotopic (exact) mass is 346 g/mol. The maximum atomic E-state index is 10.7. The highest BCUT2D eigenvalue weighted by atomic mass is 32.2. The lowest BCUT2D eigenvalue weighted by Gasteiger charge is -2.08. The summed E-state index contributed by atoms with van der Waals surface area (Å²) in [5, 5.41) is 1.05. The highest BCUT2D eigenvalue weighted by molar-refractivity contribution is 7.99. The Bertz CT molecular complexity index is 854. The molecule has 23 heavy (non-hydrogen) atoms. The molecule has 3 aromatic rings. The first-order valence-corrected chi connectivity index (χ1v) is 8.66. The van der Waals surface area contributed by atoms with Gasteiger partial charge < -0.3 is 4.74 Å². The van der Waals surface area contributed by atoms with Crippen LogP contribution >= 0.6 is 11.8 Å². The molecule has 7 heteroatoms. The van der Waals surface area contributed by atoms with Crippen molar-refractivity contribution in [3.8, 4) is 5.75 Å². The molecule has 0 saturated carbocycles. The SMILES string of the molecule is COc1ccc2c(Sc3ccc(NS(=O)O)cc3)ccnc2c1. The molecule has 1 unspecified atom stereocenters. The Morgan fingerprint density at radius 2 is 1.96 bits per heavy atom. The summed E-state index contributed by atoms with van der Waals surface area (Å²) in [5.41, 5.74) is 1.47. The Kier molecular flexibility index (Phi) is 4.80. The first kappa shape index (κ1) is 15.8. The van der Waals surface area contributed by atoms with Crippen LogP contribution in [0.15, 0.2) is 64.5 Å². The van der Waals surface area contributed by atoms with Crippen LogP contribution in [0.3, 0.4) is 0 Å². The second-order valence-electron chi connectivity index (χ2n) is 4.67. The maximum absolute atomic E-state index is 10.7. The molecule has 5 nitrogen and oxygen atoms in total. The van der Waals surface area contributed by atoms with Crippen molar-refractivity contribution in [2.75, 3.05) is 11.8 Å². The first-order chi connectivity index (χ1) is 11.2. The summed E-state index contributed by atoms with van der Waals surface area (Å²) in [6.07, 6.45) is 1.77. The second kappa shape index (κ2) is 6.99. The summed E-state index contributed by atoms with van der Waals surface area (Å²) >= 11 is -0.449. The third kappa shape index (κ3) is 3.82. The lowest BCUT2D eigenvalue weighted by molar-refractivity contribution is 0.415. The van der Waals surface area contributed by atoms with E-state index in [2.05, 4.69) is 9.71 Å². The van der Waals surface area contributed by atoms with Gasteiger partial charge in [-0.15, -0.1) is 0 Å². The molecular formula is C16H14N2O3S2. The number of rotatable bonds is 5. The Morgan fingerprint density at radius 3 is 2.65 bits per heavy atom. The van der Waals surface area contributed by atoms with E-state index in [1.54, 1.807) is 37.2 Å². The van der Waals surface area contributed by atoms with Crippen LogP contribution in [0.25, 0.3) is 10.9 Å². The summed E-state index contributed by atoms with van der Waals surface area (Å²) in [7, 11) is 1.63. The molecule has 0 spiro atoms. The van der Waals surface area contributed by atoms with Crippen molar-refractivity contribution < 1.29 is 13.5 Å². The van der Waals surface area contributed by atoms with Gasteiger partial charge in [-0.2, -0.15) is 0 Å². The minimum atomic E-state index is -2.06. The summed E-state index contributed by atoms with van der Waals surface area (Å²) in [6, 6.07) is 15.1. The second-order valence-corrected chi connectivity index (χ2v) is 6.49. The van der Waals surface area contributed by atoms with Crippen molar-refractivity contribution >= 4 is 39.6 Å². The highest BCUT2D eigenvalue weighted by Crippen LogP contribution is 2.34. The van der Waals surface area contributed by atoms with Crippen LogP contribution in [0.2, 0.25) is 0 Å². The van der Waals surface area contributed by atoms with Gasteiger partial charge >= 0.3 is 0 Å². The van der Waals surface area contributed by atoms with Crippen LogP contribution in [0.1, 0.15) is 0 Å². The van der Waals surface area contributed by atoms with Gasteiger partial charge in [-0.1, -0.05) is 11.8 Å². The Hall–Kier alpha value is -2.09. The third-order valence-corrected chi connectivity index (χ3v) is 4.69. The summed E-state index contributed by atoms with van der Waals surface area (Å²) < 4.78 is 27.2. The number of anilines is 1. The van der Waals surface area contributed by atoms with Crippen LogP contribution in [0.4, 0.5) is 5.69 Å². The lowest BCUT2D eigenvalue weighted by Crippen LogP contribution is -2.01. The zero-order chi connectivity index (χ0) is 16.2. The van der Waals surface area contributed by atoms with Crippen molar-refractivity contribution in [3.05, 3.63) is 54.7 Å². The van der Waals surface area contributed by atoms with Crippen molar-refractivity contribution in [3.63, 3.8) is 0 Å². The fourth-order valence-corrected chi connectivity index (χ4v) is 3.41. The summed E-state index contributed by atoms with van der Waals surface area (Å²) in [4.78, 5) is 6.49. The first-order valence-electron chi connectivity index (χ1n) is 6.74. The van der Waals surface area contributed by atoms with Crippen LogP contribution in [0, 0.1) is 0 Å². The molecule has 2 N–H and O–H groups in total. The number of nitrogens with one attached hydrogen (secondary N) is 1. The van der Waals surface area contributed by atoms with Gasteiger partial charge in [-0.25, -0.2) is 4.21 Å². The number of fused-ring (bicyclic) bond motifs is 1. The molecule has 0 fully saturated rings. The van der Waals surface area contributed by atoms with Crippen LogP contribution in [0.5, 0.6) is 5.75 Å². The molecule has 0 bridgehead atoms. The van der Waals surface area contributed by atoms with E-state index < -0.39 is 11.3 Å². The number of benzene rings is 2. The molecule has 0 amide bonds. The van der Waals surface area contributed by atoms with Crippen molar-refractivity contribution in [2.45, 2.75) is 9.79 Å². The fraction of sp³-hybridized carbons (Fsp3) is 0.0625. The van der Waals surface area contributed by atoms with E-state index in [4.69, 9.17) is 9.29 Å². The molecular weight excluding hydrogens is 332 g/mol. The normalized spacial score (nSPS) is 12.1. The standard InChI is InChI=1S/C16H14N2O3S2/c1-21-12-4-7-14-15(10-12)17-9-8-16(14)22-13-5-2-11(3-6-13)18-23(19)20/h2-10,18H,1H3,(H,19,20). The van der Waals surface area contributed by atoms with E-state index >= 15 is 0 Å².